The fraction of sp³-hybridized carbons (Fsp3) is 1.00. The first-order chi connectivity index (χ1) is 7.42. The molecule has 1 aliphatic heterocycles. The summed E-state index contributed by atoms with van der Waals surface area (Å²) in [7, 11) is -3.03. The van der Waals surface area contributed by atoms with Crippen LogP contribution in [0.15, 0.2) is 0 Å². The summed E-state index contributed by atoms with van der Waals surface area (Å²) in [6, 6.07) is 0.259. The van der Waals surface area contributed by atoms with Crippen LogP contribution in [0.3, 0.4) is 0 Å². The molecule has 1 atom stereocenters. The molecule has 0 aromatic carbocycles. The van der Waals surface area contributed by atoms with E-state index in [1.165, 1.54) is 6.42 Å². The van der Waals surface area contributed by atoms with Crippen LogP contribution < -0.4 is 10.0 Å². The standard InChI is InChI=1S/C11H22N2O2S.ClH/c1-11(2)6-3-7-12-10(11)8-13-16(14,15)9-4-5-9;/h9-10,12-13H,3-8H2,1-2H3;1H. The van der Waals surface area contributed by atoms with Gasteiger partial charge in [-0.05, 0) is 37.6 Å². The van der Waals surface area contributed by atoms with Gasteiger partial charge in [-0.2, -0.15) is 0 Å². The third-order valence-corrected chi connectivity index (χ3v) is 5.70. The van der Waals surface area contributed by atoms with Crippen molar-refractivity contribution in [1.82, 2.24) is 10.0 Å². The maximum Gasteiger partial charge on any atom is 0.214 e. The molecule has 2 aliphatic rings. The van der Waals surface area contributed by atoms with Crippen molar-refractivity contribution in [3.8, 4) is 0 Å². The highest BCUT2D eigenvalue weighted by molar-refractivity contribution is 7.90. The zero-order chi connectivity index (χ0) is 11.8. The van der Waals surface area contributed by atoms with Crippen molar-refractivity contribution in [2.75, 3.05) is 13.1 Å². The van der Waals surface area contributed by atoms with Crippen LogP contribution in [0.5, 0.6) is 0 Å². The van der Waals surface area contributed by atoms with Crippen molar-refractivity contribution in [1.29, 1.82) is 0 Å². The van der Waals surface area contributed by atoms with Gasteiger partial charge < -0.3 is 5.32 Å². The fourth-order valence-electron chi connectivity index (χ4n) is 2.31. The lowest BCUT2D eigenvalue weighted by Gasteiger charge is -2.39. The minimum atomic E-state index is -3.03. The Labute approximate surface area is 110 Å². The van der Waals surface area contributed by atoms with E-state index in [1.54, 1.807) is 0 Å². The van der Waals surface area contributed by atoms with Gasteiger partial charge in [0.05, 0.1) is 5.25 Å². The molecule has 0 radical (unpaired) electrons. The second kappa shape index (κ2) is 5.43. The van der Waals surface area contributed by atoms with Gasteiger partial charge in [0.2, 0.25) is 10.0 Å². The molecule has 1 saturated heterocycles. The Kier molecular flexibility index (Phi) is 4.86. The largest absolute Gasteiger partial charge is 0.312 e. The van der Waals surface area contributed by atoms with Gasteiger partial charge in [-0.1, -0.05) is 13.8 Å². The highest BCUT2D eigenvalue weighted by Gasteiger charge is 2.38. The first-order valence-electron chi connectivity index (χ1n) is 6.14. The van der Waals surface area contributed by atoms with E-state index in [9.17, 15) is 8.42 Å². The molecule has 102 valence electrons. The van der Waals surface area contributed by atoms with Gasteiger partial charge in [0.15, 0.2) is 0 Å². The molecule has 1 aliphatic carbocycles. The van der Waals surface area contributed by atoms with E-state index in [4.69, 9.17) is 0 Å². The average molecular weight is 283 g/mol. The van der Waals surface area contributed by atoms with Gasteiger partial charge in [-0.3, -0.25) is 0 Å². The van der Waals surface area contributed by atoms with Gasteiger partial charge in [0, 0.05) is 12.6 Å². The summed E-state index contributed by atoms with van der Waals surface area (Å²) in [5.74, 6) is 0. The van der Waals surface area contributed by atoms with Crippen molar-refractivity contribution in [2.45, 2.75) is 50.8 Å². The molecular formula is C11H23ClN2O2S. The molecule has 1 saturated carbocycles. The Morgan fingerprint density at radius 3 is 2.53 bits per heavy atom. The van der Waals surface area contributed by atoms with E-state index in [1.807, 2.05) is 0 Å². The molecular weight excluding hydrogens is 260 g/mol. The van der Waals surface area contributed by atoms with Crippen LogP contribution in [-0.2, 0) is 10.0 Å². The van der Waals surface area contributed by atoms with Crippen molar-refractivity contribution in [3.63, 3.8) is 0 Å². The minimum Gasteiger partial charge on any atom is -0.312 e. The highest BCUT2D eigenvalue weighted by Crippen LogP contribution is 2.31. The lowest BCUT2D eigenvalue weighted by Crippen LogP contribution is -2.53. The fourth-order valence-corrected chi connectivity index (χ4v) is 3.71. The van der Waals surface area contributed by atoms with Gasteiger partial charge in [0.1, 0.15) is 0 Å². The Morgan fingerprint density at radius 2 is 2.00 bits per heavy atom. The first kappa shape index (κ1) is 15.2. The molecule has 6 heteroatoms. The lowest BCUT2D eigenvalue weighted by molar-refractivity contribution is 0.181. The molecule has 0 bridgehead atoms. The number of nitrogens with one attached hydrogen (secondary N) is 2. The Morgan fingerprint density at radius 1 is 1.35 bits per heavy atom. The van der Waals surface area contributed by atoms with Crippen LogP contribution in [0.25, 0.3) is 0 Å². The molecule has 2 rings (SSSR count). The lowest BCUT2D eigenvalue weighted by atomic mass is 9.78. The first-order valence-corrected chi connectivity index (χ1v) is 7.68. The SMILES string of the molecule is CC1(C)CCCNC1CNS(=O)(=O)C1CC1.Cl. The Balaban J connectivity index is 0.00000144. The average Bonchev–Trinajstić information content (AvgIpc) is 2.98. The summed E-state index contributed by atoms with van der Waals surface area (Å²) < 4.78 is 26.2. The zero-order valence-electron chi connectivity index (χ0n) is 10.5. The second-order valence-corrected chi connectivity index (χ2v) is 7.74. The van der Waals surface area contributed by atoms with Crippen LogP contribution in [0.2, 0.25) is 0 Å². The van der Waals surface area contributed by atoms with Crippen LogP contribution in [-0.4, -0.2) is 32.8 Å². The summed E-state index contributed by atoms with van der Waals surface area (Å²) in [6.07, 6.45) is 4.00. The van der Waals surface area contributed by atoms with Crippen molar-refractivity contribution >= 4 is 22.4 Å². The number of hydrogen-bond acceptors (Lipinski definition) is 3. The molecule has 17 heavy (non-hydrogen) atoms. The van der Waals surface area contributed by atoms with Crippen LogP contribution in [0.4, 0.5) is 0 Å². The summed E-state index contributed by atoms with van der Waals surface area (Å²) in [4.78, 5) is 0. The molecule has 2 N–H and O–H groups in total. The smallest absolute Gasteiger partial charge is 0.214 e. The topological polar surface area (TPSA) is 58.2 Å². The Bertz CT molecular complexity index is 352. The van der Waals surface area contributed by atoms with E-state index in [2.05, 4.69) is 23.9 Å². The summed E-state index contributed by atoms with van der Waals surface area (Å²) in [5, 5.41) is 3.30. The van der Waals surface area contributed by atoms with E-state index < -0.39 is 10.0 Å². The van der Waals surface area contributed by atoms with Gasteiger partial charge in [-0.15, -0.1) is 12.4 Å². The van der Waals surface area contributed by atoms with E-state index in [-0.39, 0.29) is 29.1 Å². The van der Waals surface area contributed by atoms with Gasteiger partial charge in [0.25, 0.3) is 0 Å². The molecule has 0 spiro atoms. The monoisotopic (exact) mass is 282 g/mol. The van der Waals surface area contributed by atoms with Crippen LogP contribution in [0, 0.1) is 5.41 Å². The third kappa shape index (κ3) is 3.81. The van der Waals surface area contributed by atoms with Crippen molar-refractivity contribution in [2.24, 2.45) is 5.41 Å². The predicted octanol–water partition coefficient (Wildman–Crippen LogP) is 1.27. The third-order valence-electron chi connectivity index (χ3n) is 3.78. The summed E-state index contributed by atoms with van der Waals surface area (Å²) >= 11 is 0. The van der Waals surface area contributed by atoms with Crippen molar-refractivity contribution in [3.05, 3.63) is 0 Å². The van der Waals surface area contributed by atoms with Crippen molar-refractivity contribution < 1.29 is 8.42 Å². The van der Waals surface area contributed by atoms with Gasteiger partial charge in [-0.25, -0.2) is 13.1 Å². The molecule has 0 aromatic heterocycles. The van der Waals surface area contributed by atoms with Crippen LogP contribution in [0.1, 0.15) is 39.5 Å². The predicted molar refractivity (Wildman–Crippen MR) is 72.0 cm³/mol. The molecule has 0 aromatic rings. The van der Waals surface area contributed by atoms with E-state index in [0.717, 1.165) is 25.8 Å². The van der Waals surface area contributed by atoms with E-state index in [0.29, 0.717) is 6.54 Å². The van der Waals surface area contributed by atoms with Crippen LogP contribution >= 0.6 is 12.4 Å². The number of piperidine rings is 1. The number of sulfonamides is 1. The number of halogens is 1. The summed E-state index contributed by atoms with van der Waals surface area (Å²) in [6.45, 7) is 5.94. The second-order valence-electron chi connectivity index (χ2n) is 5.69. The maximum absolute atomic E-state index is 11.7. The summed E-state index contributed by atoms with van der Waals surface area (Å²) in [5.41, 5.74) is 0.185. The number of rotatable bonds is 4. The highest BCUT2D eigenvalue weighted by atomic mass is 35.5. The zero-order valence-corrected chi connectivity index (χ0v) is 12.2. The molecule has 2 fully saturated rings. The number of hydrogen-bond donors (Lipinski definition) is 2. The Hall–Kier alpha value is 0.160. The minimum absolute atomic E-state index is 0. The molecule has 4 nitrogen and oxygen atoms in total. The normalized spacial score (nSPS) is 28.5. The molecule has 0 amide bonds. The maximum atomic E-state index is 11.7. The van der Waals surface area contributed by atoms with Gasteiger partial charge >= 0.3 is 0 Å². The van der Waals surface area contributed by atoms with E-state index >= 15 is 0 Å². The molecule has 1 heterocycles. The quantitative estimate of drug-likeness (QED) is 0.816. The molecule has 1 unspecified atom stereocenters.